The molecular formula is C22H25FN2O5S. The summed E-state index contributed by atoms with van der Waals surface area (Å²) in [5, 5.41) is 2.81. The molecule has 0 radical (unpaired) electrons. The molecule has 1 atom stereocenters. The summed E-state index contributed by atoms with van der Waals surface area (Å²) in [5.41, 5.74) is 0.319. The number of ether oxygens (including phenoxy) is 1. The van der Waals surface area contributed by atoms with Crippen molar-refractivity contribution in [3.63, 3.8) is 0 Å². The third-order valence-corrected chi connectivity index (χ3v) is 7.04. The highest BCUT2D eigenvalue weighted by molar-refractivity contribution is 7.89. The van der Waals surface area contributed by atoms with Crippen LogP contribution in [0.2, 0.25) is 0 Å². The van der Waals surface area contributed by atoms with E-state index in [1.165, 1.54) is 0 Å². The molecule has 1 saturated carbocycles. The van der Waals surface area contributed by atoms with Crippen molar-refractivity contribution in [3.05, 3.63) is 65.5 Å². The van der Waals surface area contributed by atoms with E-state index in [0.29, 0.717) is 5.56 Å². The lowest BCUT2D eigenvalue weighted by Crippen LogP contribution is -2.33. The van der Waals surface area contributed by atoms with Gasteiger partial charge in [-0.05, 0) is 31.0 Å². The van der Waals surface area contributed by atoms with Crippen LogP contribution in [0.3, 0.4) is 0 Å². The molecule has 0 bridgehead atoms. The van der Waals surface area contributed by atoms with Gasteiger partial charge in [0.25, 0.3) is 5.91 Å². The van der Waals surface area contributed by atoms with Gasteiger partial charge >= 0.3 is 5.97 Å². The Morgan fingerprint density at radius 1 is 1.13 bits per heavy atom. The monoisotopic (exact) mass is 448 g/mol. The standard InChI is InChI=1S/C22H25FN2O5S/c1-3-25(4-2)31(28,29)19-14-16(10-13-18(19)23)22(27)30-20(15-8-6-5-7-9-15)21(26)24-17-11-12-17/h5-10,13-14,17,20H,3-4,11-12H2,1-2H3,(H,24,26). The van der Waals surface area contributed by atoms with Gasteiger partial charge in [0.15, 0.2) is 0 Å². The average molecular weight is 449 g/mol. The topological polar surface area (TPSA) is 92.8 Å². The number of sulfonamides is 1. The number of amides is 1. The quantitative estimate of drug-likeness (QED) is 0.596. The fourth-order valence-electron chi connectivity index (χ4n) is 3.11. The molecule has 7 nitrogen and oxygen atoms in total. The molecule has 1 unspecified atom stereocenters. The van der Waals surface area contributed by atoms with Crippen LogP contribution in [0.4, 0.5) is 4.39 Å². The molecule has 1 aliphatic rings. The smallest absolute Gasteiger partial charge is 0.339 e. The molecule has 3 rings (SSSR count). The molecule has 0 aromatic heterocycles. The number of nitrogens with one attached hydrogen (secondary N) is 1. The zero-order chi connectivity index (χ0) is 22.6. The van der Waals surface area contributed by atoms with Crippen molar-refractivity contribution in [3.8, 4) is 0 Å². The first kappa shape index (κ1) is 22.9. The number of halogens is 1. The van der Waals surface area contributed by atoms with Crippen molar-refractivity contribution in [1.29, 1.82) is 0 Å². The second-order valence-corrected chi connectivity index (χ2v) is 9.12. The summed E-state index contributed by atoms with van der Waals surface area (Å²) in [4.78, 5) is 24.9. The van der Waals surface area contributed by atoms with E-state index in [1.54, 1.807) is 44.2 Å². The maximum atomic E-state index is 14.3. The number of carbonyl (C=O) groups excluding carboxylic acids is 2. The van der Waals surface area contributed by atoms with Crippen molar-refractivity contribution >= 4 is 21.9 Å². The number of hydrogen-bond acceptors (Lipinski definition) is 5. The van der Waals surface area contributed by atoms with E-state index >= 15 is 0 Å². The molecule has 0 spiro atoms. The van der Waals surface area contributed by atoms with E-state index in [4.69, 9.17) is 4.74 Å². The predicted molar refractivity (Wildman–Crippen MR) is 112 cm³/mol. The van der Waals surface area contributed by atoms with Crippen molar-refractivity contribution in [2.75, 3.05) is 13.1 Å². The van der Waals surface area contributed by atoms with Crippen molar-refractivity contribution in [2.24, 2.45) is 0 Å². The van der Waals surface area contributed by atoms with Crippen molar-refractivity contribution < 1.29 is 27.1 Å². The van der Waals surface area contributed by atoms with Crippen LogP contribution in [-0.2, 0) is 19.6 Å². The largest absolute Gasteiger partial charge is 0.444 e. The lowest BCUT2D eigenvalue weighted by Gasteiger charge is -2.20. The molecule has 0 heterocycles. The third kappa shape index (κ3) is 5.29. The van der Waals surface area contributed by atoms with Crippen molar-refractivity contribution in [2.45, 2.75) is 43.7 Å². The molecule has 1 aliphatic carbocycles. The van der Waals surface area contributed by atoms with Crippen LogP contribution in [0.15, 0.2) is 53.4 Å². The van der Waals surface area contributed by atoms with E-state index in [1.807, 2.05) is 0 Å². The summed E-state index contributed by atoms with van der Waals surface area (Å²) in [6, 6.07) is 11.6. The summed E-state index contributed by atoms with van der Waals surface area (Å²) in [7, 11) is -4.12. The van der Waals surface area contributed by atoms with E-state index in [2.05, 4.69) is 5.32 Å². The molecule has 0 saturated heterocycles. The molecule has 2 aromatic rings. The van der Waals surface area contributed by atoms with E-state index in [-0.39, 0.29) is 24.7 Å². The van der Waals surface area contributed by atoms with Crippen LogP contribution in [0.5, 0.6) is 0 Å². The molecule has 166 valence electrons. The molecule has 2 aromatic carbocycles. The summed E-state index contributed by atoms with van der Waals surface area (Å²) >= 11 is 0. The van der Waals surface area contributed by atoms with Crippen LogP contribution >= 0.6 is 0 Å². The third-order valence-electron chi connectivity index (χ3n) is 4.98. The highest BCUT2D eigenvalue weighted by Gasteiger charge is 2.32. The number of esters is 1. The minimum Gasteiger partial charge on any atom is -0.444 e. The Morgan fingerprint density at radius 3 is 2.35 bits per heavy atom. The first-order valence-electron chi connectivity index (χ1n) is 10.1. The summed E-state index contributed by atoms with van der Waals surface area (Å²) < 4.78 is 46.4. The molecular weight excluding hydrogens is 423 g/mol. The minimum absolute atomic E-state index is 0.0639. The predicted octanol–water partition coefficient (Wildman–Crippen LogP) is 3.03. The number of carbonyl (C=O) groups is 2. The Balaban J connectivity index is 1.89. The van der Waals surface area contributed by atoms with Crippen LogP contribution in [-0.4, -0.2) is 43.7 Å². The van der Waals surface area contributed by atoms with Gasteiger partial charge in [-0.15, -0.1) is 0 Å². The highest BCUT2D eigenvalue weighted by Crippen LogP contribution is 2.26. The van der Waals surface area contributed by atoms with Crippen LogP contribution in [0, 0.1) is 5.82 Å². The summed E-state index contributed by atoms with van der Waals surface area (Å²) in [6.07, 6.45) is 0.527. The number of nitrogens with zero attached hydrogens (tertiary/aromatic N) is 1. The molecule has 1 fully saturated rings. The van der Waals surface area contributed by atoms with Gasteiger partial charge in [-0.2, -0.15) is 4.31 Å². The van der Waals surface area contributed by atoms with Crippen molar-refractivity contribution in [1.82, 2.24) is 9.62 Å². The lowest BCUT2D eigenvalue weighted by molar-refractivity contribution is -0.130. The minimum atomic E-state index is -4.12. The Morgan fingerprint density at radius 2 is 1.77 bits per heavy atom. The van der Waals surface area contributed by atoms with Crippen LogP contribution < -0.4 is 5.32 Å². The molecule has 1 amide bonds. The second kappa shape index (κ2) is 9.57. The fourth-order valence-corrected chi connectivity index (χ4v) is 4.66. The van der Waals surface area contributed by atoms with Gasteiger partial charge in [0.1, 0.15) is 10.7 Å². The Bertz CT molecular complexity index is 1050. The molecule has 31 heavy (non-hydrogen) atoms. The van der Waals surface area contributed by atoms with Gasteiger partial charge in [-0.1, -0.05) is 44.2 Å². The van der Waals surface area contributed by atoms with Crippen LogP contribution in [0.1, 0.15) is 48.7 Å². The van der Waals surface area contributed by atoms with Gasteiger partial charge in [0, 0.05) is 24.7 Å². The average Bonchev–Trinajstić information content (AvgIpc) is 3.57. The van der Waals surface area contributed by atoms with Gasteiger partial charge in [-0.3, -0.25) is 4.79 Å². The Kier molecular flexibility index (Phi) is 7.07. The molecule has 0 aliphatic heterocycles. The Labute approximate surface area is 181 Å². The molecule has 9 heteroatoms. The zero-order valence-corrected chi connectivity index (χ0v) is 18.2. The number of hydrogen-bond donors (Lipinski definition) is 1. The van der Waals surface area contributed by atoms with Gasteiger partial charge < -0.3 is 10.1 Å². The first-order valence-corrected chi connectivity index (χ1v) is 11.6. The lowest BCUT2D eigenvalue weighted by atomic mass is 10.1. The van der Waals surface area contributed by atoms with Gasteiger partial charge in [0.2, 0.25) is 16.1 Å². The second-order valence-electron chi connectivity index (χ2n) is 7.21. The SMILES string of the molecule is CCN(CC)S(=O)(=O)c1cc(C(=O)OC(C(=O)NC2CC2)c2ccccc2)ccc1F. The fraction of sp³-hybridized carbons (Fsp3) is 0.364. The normalized spacial score (nSPS) is 14.8. The highest BCUT2D eigenvalue weighted by atomic mass is 32.2. The summed E-state index contributed by atoms with van der Waals surface area (Å²) in [6.45, 7) is 3.59. The molecule has 1 N–H and O–H groups in total. The number of benzene rings is 2. The Hall–Kier alpha value is -2.78. The zero-order valence-electron chi connectivity index (χ0n) is 17.4. The van der Waals surface area contributed by atoms with E-state index < -0.39 is 38.7 Å². The maximum absolute atomic E-state index is 14.3. The van der Waals surface area contributed by atoms with E-state index in [0.717, 1.165) is 35.3 Å². The van der Waals surface area contributed by atoms with Gasteiger partial charge in [0.05, 0.1) is 5.56 Å². The summed E-state index contributed by atoms with van der Waals surface area (Å²) in [5.74, 6) is -2.34. The first-order chi connectivity index (χ1) is 14.8. The van der Waals surface area contributed by atoms with E-state index in [9.17, 15) is 22.4 Å². The maximum Gasteiger partial charge on any atom is 0.339 e. The van der Waals surface area contributed by atoms with Gasteiger partial charge in [-0.25, -0.2) is 17.6 Å². The number of rotatable bonds is 9. The van der Waals surface area contributed by atoms with Crippen LogP contribution in [0.25, 0.3) is 0 Å².